The Morgan fingerprint density at radius 3 is 2.71 bits per heavy atom. The summed E-state index contributed by atoms with van der Waals surface area (Å²) in [6, 6.07) is 8.07. The second-order valence-electron chi connectivity index (χ2n) is 6.94. The van der Waals surface area contributed by atoms with E-state index in [0.29, 0.717) is 25.0 Å². The van der Waals surface area contributed by atoms with Crippen LogP contribution in [0.2, 0.25) is 0 Å². The first-order chi connectivity index (χ1) is 11.2. The fourth-order valence-corrected chi connectivity index (χ4v) is 4.37. The van der Waals surface area contributed by atoms with Crippen LogP contribution in [-0.4, -0.2) is 24.7 Å². The summed E-state index contributed by atoms with van der Waals surface area (Å²) in [7, 11) is 0. The van der Waals surface area contributed by atoms with Gasteiger partial charge in [0.25, 0.3) is 0 Å². The van der Waals surface area contributed by atoms with Crippen LogP contribution >= 0.6 is 12.4 Å². The molecule has 0 bridgehead atoms. The number of nitrogen functional groups attached to an aromatic ring is 1. The number of para-hydroxylation sites is 1. The molecule has 2 fully saturated rings. The number of carbonyl (C=O) groups excluding carboxylic acids is 1. The Morgan fingerprint density at radius 2 is 2.04 bits per heavy atom. The minimum atomic E-state index is 0. The second-order valence-corrected chi connectivity index (χ2v) is 6.94. The first-order valence-corrected chi connectivity index (χ1v) is 8.90. The maximum atomic E-state index is 12.3. The Kier molecular flexibility index (Phi) is 6.53. The molecule has 0 aliphatic heterocycles. The standard InChI is InChI=1S/C19H28N2O2.ClH/c1-2-23-17-13-16(19(17)11-5-6-12-19)21-18(22)10-9-14-7-3-4-8-15(14)20;/h3-4,7-8,16-17H,2,5-6,9-13,20H2,1H3,(H,21,22);1H. The molecule has 134 valence electrons. The molecule has 2 aliphatic rings. The highest BCUT2D eigenvalue weighted by Crippen LogP contribution is 2.54. The number of nitrogens with one attached hydrogen (secondary N) is 1. The van der Waals surface area contributed by atoms with Crippen LogP contribution in [0.15, 0.2) is 24.3 Å². The molecule has 0 heterocycles. The van der Waals surface area contributed by atoms with Gasteiger partial charge in [-0.3, -0.25) is 4.79 Å². The minimum absolute atomic E-state index is 0. The van der Waals surface area contributed by atoms with Gasteiger partial charge in [-0.2, -0.15) is 0 Å². The molecular formula is C19H29ClN2O2. The number of benzene rings is 1. The second kappa shape index (κ2) is 8.21. The first-order valence-electron chi connectivity index (χ1n) is 8.90. The predicted molar refractivity (Wildman–Crippen MR) is 99.3 cm³/mol. The van der Waals surface area contributed by atoms with Gasteiger partial charge in [-0.05, 0) is 44.2 Å². The van der Waals surface area contributed by atoms with E-state index in [0.717, 1.165) is 24.3 Å². The third kappa shape index (κ3) is 3.70. The molecule has 1 spiro atoms. The van der Waals surface area contributed by atoms with Crippen molar-refractivity contribution in [3.63, 3.8) is 0 Å². The van der Waals surface area contributed by atoms with Crippen molar-refractivity contribution in [2.75, 3.05) is 12.3 Å². The summed E-state index contributed by atoms with van der Waals surface area (Å²) in [6.07, 6.45) is 7.40. The number of nitrogens with two attached hydrogens (primary N) is 1. The number of hydrogen-bond acceptors (Lipinski definition) is 3. The third-order valence-electron chi connectivity index (χ3n) is 5.70. The summed E-state index contributed by atoms with van der Waals surface area (Å²) in [5.41, 5.74) is 7.97. The van der Waals surface area contributed by atoms with Crippen molar-refractivity contribution < 1.29 is 9.53 Å². The average molecular weight is 353 g/mol. The monoisotopic (exact) mass is 352 g/mol. The molecule has 2 saturated carbocycles. The lowest BCUT2D eigenvalue weighted by Gasteiger charge is -2.54. The molecule has 3 N–H and O–H groups in total. The molecule has 0 radical (unpaired) electrons. The van der Waals surface area contributed by atoms with Gasteiger partial charge in [0.05, 0.1) is 6.10 Å². The van der Waals surface area contributed by atoms with Crippen molar-refractivity contribution in [1.82, 2.24) is 5.32 Å². The van der Waals surface area contributed by atoms with Crippen LogP contribution in [0, 0.1) is 5.41 Å². The lowest BCUT2D eigenvalue weighted by atomic mass is 9.60. The van der Waals surface area contributed by atoms with E-state index in [-0.39, 0.29) is 23.7 Å². The molecule has 1 aromatic rings. The van der Waals surface area contributed by atoms with Gasteiger partial charge >= 0.3 is 0 Å². The number of aryl methyl sites for hydroxylation is 1. The molecule has 4 nitrogen and oxygen atoms in total. The Labute approximate surface area is 150 Å². The van der Waals surface area contributed by atoms with Gasteiger partial charge in [0.1, 0.15) is 0 Å². The van der Waals surface area contributed by atoms with E-state index >= 15 is 0 Å². The van der Waals surface area contributed by atoms with Crippen molar-refractivity contribution in [1.29, 1.82) is 0 Å². The first kappa shape index (κ1) is 19.1. The Morgan fingerprint density at radius 1 is 1.33 bits per heavy atom. The van der Waals surface area contributed by atoms with Crippen LogP contribution in [0.3, 0.4) is 0 Å². The maximum Gasteiger partial charge on any atom is 0.220 e. The van der Waals surface area contributed by atoms with Crippen LogP contribution in [-0.2, 0) is 16.0 Å². The Hall–Kier alpha value is -1.26. The molecule has 3 rings (SSSR count). The summed E-state index contributed by atoms with van der Waals surface area (Å²) >= 11 is 0. The van der Waals surface area contributed by atoms with E-state index < -0.39 is 0 Å². The number of rotatable bonds is 6. The summed E-state index contributed by atoms with van der Waals surface area (Å²) in [5, 5.41) is 3.27. The van der Waals surface area contributed by atoms with E-state index in [4.69, 9.17) is 10.5 Å². The topological polar surface area (TPSA) is 64.3 Å². The largest absolute Gasteiger partial charge is 0.399 e. The van der Waals surface area contributed by atoms with Crippen molar-refractivity contribution in [2.24, 2.45) is 5.41 Å². The SMILES string of the molecule is CCOC1CC(NC(=O)CCc2ccccc2N)C12CCCC2.Cl. The van der Waals surface area contributed by atoms with Crippen LogP contribution < -0.4 is 11.1 Å². The lowest BCUT2D eigenvalue weighted by molar-refractivity contribution is -0.144. The van der Waals surface area contributed by atoms with Gasteiger partial charge in [-0.15, -0.1) is 12.4 Å². The lowest BCUT2D eigenvalue weighted by Crippen LogP contribution is -2.63. The van der Waals surface area contributed by atoms with Gasteiger partial charge in [0, 0.05) is 30.2 Å². The van der Waals surface area contributed by atoms with Crippen molar-refractivity contribution in [3.8, 4) is 0 Å². The molecule has 24 heavy (non-hydrogen) atoms. The number of hydrogen-bond donors (Lipinski definition) is 2. The van der Waals surface area contributed by atoms with E-state index in [1.54, 1.807) is 0 Å². The molecule has 1 aromatic carbocycles. The van der Waals surface area contributed by atoms with Crippen molar-refractivity contribution in [3.05, 3.63) is 29.8 Å². The number of halogens is 1. The molecule has 2 aliphatic carbocycles. The highest BCUT2D eigenvalue weighted by molar-refractivity contribution is 5.85. The molecule has 1 amide bonds. The Balaban J connectivity index is 0.00000208. The van der Waals surface area contributed by atoms with Crippen molar-refractivity contribution in [2.45, 2.75) is 64.0 Å². The zero-order valence-electron chi connectivity index (χ0n) is 14.4. The van der Waals surface area contributed by atoms with Gasteiger partial charge in [0.15, 0.2) is 0 Å². The summed E-state index contributed by atoms with van der Waals surface area (Å²) in [5.74, 6) is 0.138. The molecule has 5 heteroatoms. The molecule has 0 saturated heterocycles. The summed E-state index contributed by atoms with van der Waals surface area (Å²) < 4.78 is 5.90. The number of ether oxygens (including phenoxy) is 1. The van der Waals surface area contributed by atoms with Crippen LogP contribution in [0.5, 0.6) is 0 Å². The fraction of sp³-hybridized carbons (Fsp3) is 0.632. The molecule has 2 unspecified atom stereocenters. The molecular weight excluding hydrogens is 324 g/mol. The number of amides is 1. The van der Waals surface area contributed by atoms with Gasteiger partial charge in [-0.1, -0.05) is 31.0 Å². The van der Waals surface area contributed by atoms with Gasteiger partial charge < -0.3 is 15.8 Å². The smallest absolute Gasteiger partial charge is 0.220 e. The number of anilines is 1. The summed E-state index contributed by atoms with van der Waals surface area (Å²) in [6.45, 7) is 2.82. The molecule has 0 aromatic heterocycles. The molecule has 2 atom stereocenters. The van der Waals surface area contributed by atoms with Crippen LogP contribution in [0.25, 0.3) is 0 Å². The third-order valence-corrected chi connectivity index (χ3v) is 5.70. The zero-order valence-corrected chi connectivity index (χ0v) is 15.2. The Bertz CT molecular complexity index is 558. The van der Waals surface area contributed by atoms with E-state index in [9.17, 15) is 4.79 Å². The minimum Gasteiger partial charge on any atom is -0.399 e. The highest BCUT2D eigenvalue weighted by Gasteiger charge is 2.57. The van der Waals surface area contributed by atoms with E-state index in [2.05, 4.69) is 12.2 Å². The average Bonchev–Trinajstić information content (AvgIpc) is 3.06. The van der Waals surface area contributed by atoms with Crippen LogP contribution in [0.4, 0.5) is 5.69 Å². The van der Waals surface area contributed by atoms with Gasteiger partial charge in [0.2, 0.25) is 5.91 Å². The highest BCUT2D eigenvalue weighted by atomic mass is 35.5. The summed E-state index contributed by atoms with van der Waals surface area (Å²) in [4.78, 5) is 12.3. The van der Waals surface area contributed by atoms with Crippen LogP contribution in [0.1, 0.15) is 51.0 Å². The zero-order chi connectivity index (χ0) is 16.3. The maximum absolute atomic E-state index is 12.3. The number of carbonyl (C=O) groups is 1. The van der Waals surface area contributed by atoms with Gasteiger partial charge in [-0.25, -0.2) is 0 Å². The normalized spacial score (nSPS) is 24.2. The predicted octanol–water partition coefficient (Wildman–Crippen LogP) is 3.48. The van der Waals surface area contributed by atoms with E-state index in [1.165, 1.54) is 25.7 Å². The quantitative estimate of drug-likeness (QED) is 0.770. The van der Waals surface area contributed by atoms with E-state index in [1.807, 2.05) is 24.3 Å². The fourth-order valence-electron chi connectivity index (χ4n) is 4.37. The van der Waals surface area contributed by atoms with Crippen molar-refractivity contribution >= 4 is 24.0 Å².